The first-order chi connectivity index (χ1) is 23.1. The first-order valence-electron chi connectivity index (χ1n) is 20.0. The smallest absolute Gasteiger partial charge is 0.129 e. The van der Waals surface area contributed by atoms with Gasteiger partial charge in [0.25, 0.3) is 0 Å². The van der Waals surface area contributed by atoms with Crippen molar-refractivity contribution >= 4 is 11.4 Å². The molecular weight excluding hydrogens is 588 g/mol. The van der Waals surface area contributed by atoms with E-state index in [1.807, 2.05) is 33.8 Å². The summed E-state index contributed by atoms with van der Waals surface area (Å²) in [5.41, 5.74) is 6.02. The number of hydrogen-bond donors (Lipinski definition) is 0. The Morgan fingerprint density at radius 3 is 2.08 bits per heavy atom. The summed E-state index contributed by atoms with van der Waals surface area (Å²) in [6, 6.07) is 0. The molecule has 2 rings (SSSR count). The van der Waals surface area contributed by atoms with Gasteiger partial charge in [0.15, 0.2) is 0 Å². The molecule has 1 fully saturated rings. The van der Waals surface area contributed by atoms with Crippen LogP contribution in [0.15, 0.2) is 30.4 Å². The average molecular weight is 671 g/mol. The Morgan fingerprint density at radius 1 is 0.917 bits per heavy atom. The van der Waals surface area contributed by atoms with E-state index in [1.165, 1.54) is 56.9 Å². The lowest BCUT2D eigenvalue weighted by Gasteiger charge is -2.18. The Bertz CT molecular complexity index is 970. The fraction of sp³-hybridized carbons (Fsp3) is 0.750. The van der Waals surface area contributed by atoms with E-state index >= 15 is 0 Å². The minimum Gasteiger partial charge on any atom is -0.381 e. The number of unbranched alkanes of at least 4 members (excludes halogenated alkanes) is 2. The van der Waals surface area contributed by atoms with Crippen molar-refractivity contribution in [1.29, 1.82) is 0 Å². The average Bonchev–Trinajstić information content (AvgIpc) is 3.36. The standard InChI is InChI=1S/C23H36N2O.C14H26O.C3H8.2C2H6/c1-7-16(3)17(4)14-21(8-2)23-18(5)19(6)24-22(25-23)15-20-10-9-12-26-13-11-20;1-4-6-10-14(11-7-5-2)12-8-9-13(3)15;1-3-2;2*1-2/h8,14,16-17,20H,2,7,9-13,15H2,1,3-6H3;10H,4-9,11-12H2,1-3H3;3H2,1-2H3;2*1-2H3/b21-14+;14-10-;;;. The minimum absolute atomic E-state index is 0.320. The Kier molecular flexibility index (Phi) is 36.5. The molecule has 0 saturated carbocycles. The number of aryl methyl sites for hydroxylation is 1. The van der Waals surface area contributed by atoms with E-state index in [4.69, 9.17) is 14.7 Å². The predicted molar refractivity (Wildman–Crippen MR) is 216 cm³/mol. The summed E-state index contributed by atoms with van der Waals surface area (Å²) in [5.74, 6) is 3.07. The molecule has 4 nitrogen and oxygen atoms in total. The molecule has 0 aliphatic carbocycles. The van der Waals surface area contributed by atoms with Crippen molar-refractivity contribution in [3.05, 3.63) is 53.2 Å². The van der Waals surface area contributed by atoms with E-state index < -0.39 is 0 Å². The van der Waals surface area contributed by atoms with Gasteiger partial charge in [-0.25, -0.2) is 9.97 Å². The third kappa shape index (κ3) is 25.0. The molecule has 1 aromatic rings. The highest BCUT2D eigenvalue weighted by Crippen LogP contribution is 2.27. The van der Waals surface area contributed by atoms with Crippen LogP contribution in [-0.2, 0) is 16.0 Å². The van der Waals surface area contributed by atoms with Gasteiger partial charge in [0.2, 0.25) is 0 Å². The van der Waals surface area contributed by atoms with Gasteiger partial charge in [0.05, 0.1) is 5.69 Å². The molecule has 0 aromatic carbocycles. The highest BCUT2D eigenvalue weighted by atomic mass is 16.5. The van der Waals surface area contributed by atoms with Crippen molar-refractivity contribution in [3.63, 3.8) is 0 Å². The van der Waals surface area contributed by atoms with Crippen molar-refractivity contribution in [2.24, 2.45) is 17.8 Å². The maximum Gasteiger partial charge on any atom is 0.129 e. The number of carbonyl (C=O) groups is 1. The third-order valence-corrected chi connectivity index (χ3v) is 8.56. The lowest BCUT2D eigenvalue weighted by molar-refractivity contribution is -0.117. The van der Waals surface area contributed by atoms with Crippen LogP contribution in [0.5, 0.6) is 0 Å². The molecule has 1 aliphatic rings. The molecule has 4 heteroatoms. The van der Waals surface area contributed by atoms with Crippen molar-refractivity contribution in [2.45, 2.75) is 187 Å². The van der Waals surface area contributed by atoms with E-state index in [-0.39, 0.29) is 0 Å². The molecule has 1 aliphatic heterocycles. The Hall–Kier alpha value is -2.07. The van der Waals surface area contributed by atoms with Crippen LogP contribution in [0.25, 0.3) is 5.57 Å². The van der Waals surface area contributed by atoms with Crippen molar-refractivity contribution < 1.29 is 9.53 Å². The second-order valence-corrected chi connectivity index (χ2v) is 12.9. The summed E-state index contributed by atoms with van der Waals surface area (Å²) in [6.45, 7) is 35.3. The number of ether oxygens (including phenoxy) is 1. The molecule has 3 unspecified atom stereocenters. The van der Waals surface area contributed by atoms with Crippen LogP contribution >= 0.6 is 0 Å². The van der Waals surface area contributed by atoms with Crippen molar-refractivity contribution in [1.82, 2.24) is 9.97 Å². The Balaban J connectivity index is -0.000000783. The number of Topliss-reactive ketones (excluding diaryl/α,β-unsaturated/α-hetero) is 1. The zero-order valence-corrected chi connectivity index (χ0v) is 34.7. The van der Waals surface area contributed by atoms with E-state index in [0.717, 1.165) is 74.5 Å². The number of nitrogens with zero attached hydrogens (tertiary/aromatic N) is 2. The molecule has 0 spiro atoms. The second-order valence-electron chi connectivity index (χ2n) is 12.9. The van der Waals surface area contributed by atoms with Crippen LogP contribution < -0.4 is 0 Å². The molecular formula is C44H82N2O2. The van der Waals surface area contributed by atoms with Crippen molar-refractivity contribution in [2.75, 3.05) is 13.2 Å². The van der Waals surface area contributed by atoms with Crippen LogP contribution in [-0.4, -0.2) is 29.0 Å². The summed E-state index contributed by atoms with van der Waals surface area (Å²) in [4.78, 5) is 20.6. The Labute approximate surface area is 301 Å². The first-order valence-corrected chi connectivity index (χ1v) is 20.0. The van der Waals surface area contributed by atoms with E-state index in [0.29, 0.717) is 23.5 Å². The van der Waals surface area contributed by atoms with Crippen molar-refractivity contribution in [3.8, 4) is 0 Å². The number of allylic oxidation sites excluding steroid dienone is 5. The van der Waals surface area contributed by atoms with E-state index in [9.17, 15) is 4.79 Å². The zero-order valence-electron chi connectivity index (χ0n) is 34.7. The largest absolute Gasteiger partial charge is 0.381 e. The van der Waals surface area contributed by atoms with Crippen LogP contribution in [0.2, 0.25) is 0 Å². The second kappa shape index (κ2) is 34.8. The summed E-state index contributed by atoms with van der Waals surface area (Å²) >= 11 is 0. The lowest BCUT2D eigenvalue weighted by atomic mass is 9.90. The van der Waals surface area contributed by atoms with E-state index in [1.54, 1.807) is 12.5 Å². The molecule has 0 amide bonds. The van der Waals surface area contributed by atoms with Gasteiger partial charge in [0.1, 0.15) is 11.6 Å². The fourth-order valence-electron chi connectivity index (χ4n) is 5.20. The maximum absolute atomic E-state index is 10.8. The van der Waals surface area contributed by atoms with Gasteiger partial charge in [-0.1, -0.05) is 132 Å². The molecule has 0 radical (unpaired) electrons. The third-order valence-electron chi connectivity index (χ3n) is 8.56. The summed E-state index contributed by atoms with van der Waals surface area (Å²) in [5, 5.41) is 0. The minimum atomic E-state index is 0.320. The van der Waals surface area contributed by atoms with Gasteiger partial charge in [0, 0.05) is 31.7 Å². The van der Waals surface area contributed by atoms with Gasteiger partial charge >= 0.3 is 0 Å². The topological polar surface area (TPSA) is 52.1 Å². The Morgan fingerprint density at radius 2 is 1.54 bits per heavy atom. The molecule has 2 heterocycles. The summed E-state index contributed by atoms with van der Waals surface area (Å²) in [6.07, 6.45) is 22.6. The normalized spacial score (nSPS) is 15.8. The van der Waals surface area contributed by atoms with Crippen LogP contribution in [0, 0.1) is 31.6 Å². The number of carbonyl (C=O) groups excluding carboxylic acids is 1. The van der Waals surface area contributed by atoms with Gasteiger partial charge in [-0.2, -0.15) is 0 Å². The molecule has 1 saturated heterocycles. The monoisotopic (exact) mass is 671 g/mol. The van der Waals surface area contributed by atoms with Gasteiger partial charge in [-0.3, -0.25) is 0 Å². The highest BCUT2D eigenvalue weighted by Gasteiger charge is 2.18. The van der Waals surface area contributed by atoms with Crippen LogP contribution in [0.3, 0.4) is 0 Å². The van der Waals surface area contributed by atoms with E-state index in [2.05, 4.69) is 81.0 Å². The van der Waals surface area contributed by atoms with Crippen LogP contribution in [0.1, 0.15) is 189 Å². The predicted octanol–water partition coefficient (Wildman–Crippen LogP) is 13.8. The molecule has 0 N–H and O–H groups in total. The molecule has 280 valence electrons. The maximum atomic E-state index is 10.8. The van der Waals surface area contributed by atoms with Gasteiger partial charge in [-0.05, 0) is 101 Å². The molecule has 48 heavy (non-hydrogen) atoms. The summed E-state index contributed by atoms with van der Waals surface area (Å²) in [7, 11) is 0. The zero-order chi connectivity index (χ0) is 37.3. The number of rotatable bonds is 16. The molecule has 0 bridgehead atoms. The highest BCUT2D eigenvalue weighted by molar-refractivity contribution is 5.75. The number of ketones is 1. The van der Waals surface area contributed by atoms with Gasteiger partial charge < -0.3 is 9.53 Å². The quantitative estimate of drug-likeness (QED) is 0.130. The molecule has 3 atom stereocenters. The van der Waals surface area contributed by atoms with Gasteiger partial charge in [-0.15, -0.1) is 0 Å². The first kappa shape index (κ1) is 50.3. The SMILES string of the molecule is C=C/C(=C\C(C)C(C)CC)c1nc(CC2CCCOCC2)nc(C)c1C.CC.CC.CCC.CCC/C=C(/CCCC)CCCC(C)=O. The lowest BCUT2D eigenvalue weighted by Crippen LogP contribution is -2.12. The fourth-order valence-corrected chi connectivity index (χ4v) is 5.20. The summed E-state index contributed by atoms with van der Waals surface area (Å²) < 4.78 is 5.60. The van der Waals surface area contributed by atoms with Crippen LogP contribution in [0.4, 0.5) is 0 Å². The number of aromatic nitrogens is 2. The molecule has 1 aromatic heterocycles. The number of hydrogen-bond acceptors (Lipinski definition) is 4.